The molecule has 1 fully saturated rings. The molecule has 1 aliphatic rings. The molecule has 0 saturated heterocycles. The Morgan fingerprint density at radius 2 is 2.11 bits per heavy atom. The van der Waals surface area contributed by atoms with Crippen LogP contribution < -0.4 is 10.1 Å². The van der Waals surface area contributed by atoms with E-state index in [2.05, 4.69) is 19.2 Å². The standard InChI is InChI=1S/C15H22FNO/c1-3-17-11(2)14-9-8-12(16)10-15(14)18-13-6-4-5-7-13/h8-11,13,17H,3-7H2,1-2H3. The van der Waals surface area contributed by atoms with Crippen LogP contribution in [0.15, 0.2) is 18.2 Å². The molecule has 1 atom stereocenters. The van der Waals surface area contributed by atoms with Crippen LogP contribution in [0.2, 0.25) is 0 Å². The van der Waals surface area contributed by atoms with Crippen molar-refractivity contribution in [3.8, 4) is 5.75 Å². The van der Waals surface area contributed by atoms with Gasteiger partial charge in [0.15, 0.2) is 0 Å². The van der Waals surface area contributed by atoms with Crippen molar-refractivity contribution in [2.75, 3.05) is 6.54 Å². The predicted molar refractivity (Wildman–Crippen MR) is 71.4 cm³/mol. The van der Waals surface area contributed by atoms with Crippen LogP contribution in [0.1, 0.15) is 51.1 Å². The molecule has 0 spiro atoms. The van der Waals surface area contributed by atoms with Gasteiger partial charge in [-0.3, -0.25) is 0 Å². The molecule has 0 bridgehead atoms. The minimum absolute atomic E-state index is 0.187. The molecule has 0 radical (unpaired) electrons. The van der Waals surface area contributed by atoms with Crippen LogP contribution in [-0.2, 0) is 0 Å². The predicted octanol–water partition coefficient (Wildman–Crippen LogP) is 3.82. The van der Waals surface area contributed by atoms with Gasteiger partial charge < -0.3 is 10.1 Å². The van der Waals surface area contributed by atoms with E-state index in [1.807, 2.05) is 6.07 Å². The van der Waals surface area contributed by atoms with Crippen LogP contribution in [0.5, 0.6) is 5.75 Å². The number of hydrogen-bond acceptors (Lipinski definition) is 2. The van der Waals surface area contributed by atoms with E-state index in [4.69, 9.17) is 4.74 Å². The first kappa shape index (κ1) is 13.3. The average Bonchev–Trinajstić information content (AvgIpc) is 2.82. The van der Waals surface area contributed by atoms with Crippen LogP contribution in [0.4, 0.5) is 4.39 Å². The molecule has 3 heteroatoms. The van der Waals surface area contributed by atoms with Crippen molar-refractivity contribution in [3.63, 3.8) is 0 Å². The van der Waals surface area contributed by atoms with E-state index in [9.17, 15) is 4.39 Å². The van der Waals surface area contributed by atoms with Crippen molar-refractivity contribution in [2.45, 2.75) is 51.7 Å². The normalized spacial score (nSPS) is 17.9. The Morgan fingerprint density at radius 3 is 2.78 bits per heavy atom. The lowest BCUT2D eigenvalue weighted by atomic mass is 10.1. The summed E-state index contributed by atoms with van der Waals surface area (Å²) >= 11 is 0. The first-order chi connectivity index (χ1) is 8.70. The molecule has 1 aromatic rings. The highest BCUT2D eigenvalue weighted by molar-refractivity contribution is 5.36. The molecule has 0 aliphatic heterocycles. The highest BCUT2D eigenvalue weighted by Gasteiger charge is 2.19. The van der Waals surface area contributed by atoms with Gasteiger partial charge in [-0.05, 0) is 45.2 Å². The first-order valence-electron chi connectivity index (χ1n) is 6.90. The molecule has 2 rings (SSSR count). The third kappa shape index (κ3) is 3.22. The molecule has 18 heavy (non-hydrogen) atoms. The summed E-state index contributed by atoms with van der Waals surface area (Å²) in [7, 11) is 0. The van der Waals surface area contributed by atoms with Gasteiger partial charge in [0.05, 0.1) is 6.10 Å². The maximum Gasteiger partial charge on any atom is 0.127 e. The molecule has 1 aromatic carbocycles. The Labute approximate surface area is 109 Å². The van der Waals surface area contributed by atoms with Crippen molar-refractivity contribution in [2.24, 2.45) is 0 Å². The van der Waals surface area contributed by atoms with E-state index in [1.54, 1.807) is 0 Å². The molecule has 1 aliphatic carbocycles. The Balaban J connectivity index is 2.16. The smallest absolute Gasteiger partial charge is 0.127 e. The first-order valence-corrected chi connectivity index (χ1v) is 6.90. The van der Waals surface area contributed by atoms with Gasteiger partial charge >= 0.3 is 0 Å². The van der Waals surface area contributed by atoms with E-state index < -0.39 is 0 Å². The number of hydrogen-bond donors (Lipinski definition) is 1. The van der Waals surface area contributed by atoms with Gasteiger partial charge in [-0.1, -0.05) is 13.0 Å². The molecule has 1 saturated carbocycles. The summed E-state index contributed by atoms with van der Waals surface area (Å²) in [6.45, 7) is 5.04. The molecule has 0 aromatic heterocycles. The molecule has 1 unspecified atom stereocenters. The van der Waals surface area contributed by atoms with Crippen LogP contribution in [0.25, 0.3) is 0 Å². The summed E-state index contributed by atoms with van der Waals surface area (Å²) in [6.07, 6.45) is 4.88. The second kappa shape index (κ2) is 6.19. The van der Waals surface area contributed by atoms with E-state index in [0.29, 0.717) is 5.75 Å². The van der Waals surface area contributed by atoms with E-state index in [0.717, 1.165) is 24.9 Å². The van der Waals surface area contributed by atoms with Crippen molar-refractivity contribution in [1.29, 1.82) is 0 Å². The lowest BCUT2D eigenvalue weighted by Gasteiger charge is -2.20. The molecule has 2 nitrogen and oxygen atoms in total. The summed E-state index contributed by atoms with van der Waals surface area (Å²) in [5, 5.41) is 3.34. The summed E-state index contributed by atoms with van der Waals surface area (Å²) in [4.78, 5) is 0. The second-order valence-electron chi connectivity index (χ2n) is 4.99. The topological polar surface area (TPSA) is 21.3 Å². The Hall–Kier alpha value is -1.09. The van der Waals surface area contributed by atoms with Crippen molar-refractivity contribution >= 4 is 0 Å². The van der Waals surface area contributed by atoms with Gasteiger partial charge in [0.25, 0.3) is 0 Å². The zero-order valence-electron chi connectivity index (χ0n) is 11.2. The van der Waals surface area contributed by atoms with Crippen LogP contribution in [-0.4, -0.2) is 12.6 Å². The zero-order chi connectivity index (χ0) is 13.0. The molecule has 0 heterocycles. The lowest BCUT2D eigenvalue weighted by molar-refractivity contribution is 0.205. The molecule has 1 N–H and O–H groups in total. The highest BCUT2D eigenvalue weighted by Crippen LogP contribution is 2.30. The fraction of sp³-hybridized carbons (Fsp3) is 0.600. The Morgan fingerprint density at radius 1 is 1.39 bits per heavy atom. The highest BCUT2D eigenvalue weighted by atomic mass is 19.1. The third-order valence-corrected chi connectivity index (χ3v) is 3.55. The maximum atomic E-state index is 13.4. The maximum absolute atomic E-state index is 13.4. The van der Waals surface area contributed by atoms with Gasteiger partial charge in [-0.2, -0.15) is 0 Å². The van der Waals surface area contributed by atoms with Gasteiger partial charge in [-0.25, -0.2) is 4.39 Å². The van der Waals surface area contributed by atoms with E-state index in [1.165, 1.54) is 25.0 Å². The lowest BCUT2D eigenvalue weighted by Crippen LogP contribution is -2.20. The van der Waals surface area contributed by atoms with Gasteiger partial charge in [0.1, 0.15) is 11.6 Å². The van der Waals surface area contributed by atoms with Crippen LogP contribution in [0, 0.1) is 5.82 Å². The molecular weight excluding hydrogens is 229 g/mol. The van der Waals surface area contributed by atoms with Crippen LogP contribution >= 0.6 is 0 Å². The summed E-state index contributed by atoms with van der Waals surface area (Å²) in [5.41, 5.74) is 1.05. The summed E-state index contributed by atoms with van der Waals surface area (Å²) < 4.78 is 19.3. The van der Waals surface area contributed by atoms with Gasteiger partial charge in [-0.15, -0.1) is 0 Å². The van der Waals surface area contributed by atoms with Crippen molar-refractivity contribution in [3.05, 3.63) is 29.6 Å². The fourth-order valence-electron chi connectivity index (χ4n) is 2.57. The van der Waals surface area contributed by atoms with Crippen LogP contribution in [0.3, 0.4) is 0 Å². The molecular formula is C15H22FNO. The van der Waals surface area contributed by atoms with Crippen molar-refractivity contribution < 1.29 is 9.13 Å². The number of halogens is 1. The van der Waals surface area contributed by atoms with Gasteiger partial charge in [0, 0.05) is 17.7 Å². The fourth-order valence-corrected chi connectivity index (χ4v) is 2.57. The minimum atomic E-state index is -0.226. The van der Waals surface area contributed by atoms with E-state index >= 15 is 0 Å². The monoisotopic (exact) mass is 251 g/mol. The Kier molecular flexibility index (Phi) is 4.59. The summed E-state index contributed by atoms with van der Waals surface area (Å²) in [6, 6.07) is 5.03. The van der Waals surface area contributed by atoms with Gasteiger partial charge in [0.2, 0.25) is 0 Å². The van der Waals surface area contributed by atoms with Crippen molar-refractivity contribution in [1.82, 2.24) is 5.32 Å². The largest absolute Gasteiger partial charge is 0.490 e. The second-order valence-corrected chi connectivity index (χ2v) is 4.99. The number of benzene rings is 1. The minimum Gasteiger partial charge on any atom is -0.490 e. The number of rotatable bonds is 5. The molecule has 100 valence electrons. The molecule has 0 amide bonds. The number of nitrogens with one attached hydrogen (secondary N) is 1. The van der Waals surface area contributed by atoms with E-state index in [-0.39, 0.29) is 18.0 Å². The number of ether oxygens (including phenoxy) is 1. The zero-order valence-corrected chi connectivity index (χ0v) is 11.2. The average molecular weight is 251 g/mol. The summed E-state index contributed by atoms with van der Waals surface area (Å²) in [5.74, 6) is 0.478. The Bertz CT molecular complexity index is 388. The SMILES string of the molecule is CCNC(C)c1ccc(F)cc1OC1CCCC1. The third-order valence-electron chi connectivity index (χ3n) is 3.55. The quantitative estimate of drug-likeness (QED) is 0.859.